The molecule has 0 aliphatic carbocycles. The van der Waals surface area contributed by atoms with Crippen LogP contribution in [0.2, 0.25) is 5.02 Å². The highest BCUT2D eigenvalue weighted by molar-refractivity contribution is 6.63. The van der Waals surface area contributed by atoms with Gasteiger partial charge in [-0.15, -0.1) is 5.10 Å². The van der Waals surface area contributed by atoms with Crippen molar-refractivity contribution in [3.63, 3.8) is 0 Å². The van der Waals surface area contributed by atoms with Crippen LogP contribution in [0.4, 0.5) is 17.6 Å². The Kier molecular flexibility index (Phi) is 4.76. The minimum absolute atomic E-state index is 0.0589. The number of nitrogens with zero attached hydrogens (tertiary/aromatic N) is 3. The highest BCUT2D eigenvalue weighted by Crippen LogP contribution is 2.38. The number of carbonyl (C=O) groups excluding carboxylic acids is 1. The number of carbonyl (C=O) groups is 1. The van der Waals surface area contributed by atoms with Gasteiger partial charge in [0.1, 0.15) is 17.8 Å². The average Bonchev–Trinajstić information content (AvgIpc) is 2.91. The molecular formula is C15H7Cl2F4N3O2. The van der Waals surface area contributed by atoms with E-state index in [1.807, 2.05) is 0 Å². The zero-order valence-corrected chi connectivity index (χ0v) is 14.0. The van der Waals surface area contributed by atoms with Gasteiger partial charge in [0.25, 0.3) is 0 Å². The molecule has 0 radical (unpaired) electrons. The fraction of sp³-hybridized carbons (Fsp3) is 0.133. The monoisotopic (exact) mass is 407 g/mol. The fourth-order valence-electron chi connectivity index (χ4n) is 2.18. The third-order valence-electron chi connectivity index (χ3n) is 3.30. The molecule has 0 atom stereocenters. The summed E-state index contributed by atoms with van der Waals surface area (Å²) >= 11 is 11.0. The molecule has 3 aromatic rings. The number of hydrogen-bond acceptors (Lipinski definition) is 4. The summed E-state index contributed by atoms with van der Waals surface area (Å²) in [6.45, 7) is -0.253. The third-order valence-corrected chi connectivity index (χ3v) is 3.71. The molecule has 0 amide bonds. The molecular weight excluding hydrogens is 401 g/mol. The van der Waals surface area contributed by atoms with Gasteiger partial charge >= 0.3 is 6.18 Å². The maximum absolute atomic E-state index is 14.0. The maximum atomic E-state index is 14.0. The Balaban J connectivity index is 1.97. The molecule has 0 unspecified atom stereocenters. The van der Waals surface area contributed by atoms with E-state index in [2.05, 4.69) is 10.3 Å². The molecule has 2 aromatic carbocycles. The Labute approximate surface area is 153 Å². The lowest BCUT2D eigenvalue weighted by Gasteiger charge is -2.12. The predicted octanol–water partition coefficient (Wildman–Crippen LogP) is 4.80. The van der Waals surface area contributed by atoms with Crippen molar-refractivity contribution in [1.29, 1.82) is 0 Å². The molecule has 0 aliphatic rings. The van der Waals surface area contributed by atoms with Crippen molar-refractivity contribution >= 4 is 39.5 Å². The first-order valence-corrected chi connectivity index (χ1v) is 7.66. The first-order valence-electron chi connectivity index (χ1n) is 6.91. The SMILES string of the molecule is O=C(Cl)Cn1nnc2ccc(Oc3c(F)cc(C(F)(F)F)cc3Cl)cc21. The molecule has 136 valence electrons. The van der Waals surface area contributed by atoms with Gasteiger partial charge in [-0.2, -0.15) is 13.2 Å². The van der Waals surface area contributed by atoms with Gasteiger partial charge in [-0.05, 0) is 35.9 Å². The van der Waals surface area contributed by atoms with Crippen LogP contribution in [-0.2, 0) is 17.5 Å². The lowest BCUT2D eigenvalue weighted by molar-refractivity contribution is -0.137. The van der Waals surface area contributed by atoms with Crippen molar-refractivity contribution in [2.45, 2.75) is 12.7 Å². The smallest absolute Gasteiger partial charge is 0.416 e. The van der Waals surface area contributed by atoms with E-state index in [1.165, 1.54) is 22.9 Å². The Morgan fingerprint density at radius 3 is 2.58 bits per heavy atom. The fourth-order valence-corrected chi connectivity index (χ4v) is 2.54. The minimum atomic E-state index is -4.74. The summed E-state index contributed by atoms with van der Waals surface area (Å²) in [4.78, 5) is 11.0. The number of fused-ring (bicyclic) bond motifs is 1. The highest BCUT2D eigenvalue weighted by atomic mass is 35.5. The maximum Gasteiger partial charge on any atom is 0.416 e. The van der Waals surface area contributed by atoms with Crippen LogP contribution in [-0.4, -0.2) is 20.2 Å². The van der Waals surface area contributed by atoms with Crippen LogP contribution in [0.3, 0.4) is 0 Å². The molecule has 0 spiro atoms. The highest BCUT2D eigenvalue weighted by Gasteiger charge is 2.32. The number of hydrogen-bond donors (Lipinski definition) is 0. The Bertz CT molecular complexity index is 981. The molecule has 26 heavy (non-hydrogen) atoms. The topological polar surface area (TPSA) is 57.0 Å². The Morgan fingerprint density at radius 1 is 1.23 bits per heavy atom. The van der Waals surface area contributed by atoms with Crippen LogP contribution in [0.25, 0.3) is 11.0 Å². The number of benzene rings is 2. The van der Waals surface area contributed by atoms with Gasteiger partial charge in [0, 0.05) is 6.07 Å². The van der Waals surface area contributed by atoms with Crippen molar-refractivity contribution in [2.24, 2.45) is 0 Å². The van der Waals surface area contributed by atoms with E-state index >= 15 is 0 Å². The summed E-state index contributed by atoms with van der Waals surface area (Å²) in [6.07, 6.45) is -4.74. The van der Waals surface area contributed by atoms with E-state index in [9.17, 15) is 22.4 Å². The molecule has 0 N–H and O–H groups in total. The standard InChI is InChI=1S/C15H7Cl2F4N3O2/c16-9-3-7(15(19,20)21)4-10(18)14(9)26-8-1-2-11-12(5-8)24(23-22-11)6-13(17)25/h1-5H,6H2. The molecule has 1 heterocycles. The second kappa shape index (κ2) is 6.73. The molecule has 1 aromatic heterocycles. The van der Waals surface area contributed by atoms with Gasteiger partial charge in [0.15, 0.2) is 11.6 Å². The number of alkyl halides is 3. The second-order valence-electron chi connectivity index (χ2n) is 5.12. The van der Waals surface area contributed by atoms with Crippen LogP contribution in [0.1, 0.15) is 5.56 Å². The second-order valence-corrected chi connectivity index (χ2v) is 5.95. The van der Waals surface area contributed by atoms with Crippen molar-refractivity contribution in [2.75, 3.05) is 0 Å². The normalized spacial score (nSPS) is 11.8. The van der Waals surface area contributed by atoms with Gasteiger partial charge in [0.05, 0.1) is 16.1 Å². The average molecular weight is 408 g/mol. The third kappa shape index (κ3) is 3.73. The molecule has 11 heteroatoms. The number of ether oxygens (including phenoxy) is 1. The molecule has 0 saturated carbocycles. The van der Waals surface area contributed by atoms with E-state index in [4.69, 9.17) is 27.9 Å². The number of rotatable bonds is 4. The molecule has 5 nitrogen and oxygen atoms in total. The van der Waals surface area contributed by atoms with Gasteiger partial charge in [-0.25, -0.2) is 9.07 Å². The minimum Gasteiger partial charge on any atom is -0.453 e. The quantitative estimate of drug-likeness (QED) is 0.460. The van der Waals surface area contributed by atoms with Gasteiger partial charge in [-0.1, -0.05) is 16.8 Å². The lowest BCUT2D eigenvalue weighted by Crippen LogP contribution is -2.06. The summed E-state index contributed by atoms with van der Waals surface area (Å²) in [7, 11) is 0. The first-order chi connectivity index (χ1) is 12.1. The summed E-state index contributed by atoms with van der Waals surface area (Å²) in [5.41, 5.74) is -0.458. The van der Waals surface area contributed by atoms with E-state index in [-0.39, 0.29) is 18.4 Å². The molecule has 0 aliphatic heterocycles. The Morgan fingerprint density at radius 2 is 1.96 bits per heavy atom. The molecule has 0 saturated heterocycles. The van der Waals surface area contributed by atoms with Crippen LogP contribution in [0.5, 0.6) is 11.5 Å². The van der Waals surface area contributed by atoms with Crippen LogP contribution >= 0.6 is 23.2 Å². The summed E-state index contributed by atoms with van der Waals surface area (Å²) in [5, 5.41) is 6.33. The van der Waals surface area contributed by atoms with E-state index in [0.717, 1.165) is 0 Å². The van der Waals surface area contributed by atoms with Crippen molar-refractivity contribution < 1.29 is 27.1 Å². The van der Waals surface area contributed by atoms with Crippen LogP contribution < -0.4 is 4.74 Å². The van der Waals surface area contributed by atoms with Gasteiger partial charge in [-0.3, -0.25) is 4.79 Å². The van der Waals surface area contributed by atoms with E-state index in [1.54, 1.807) is 0 Å². The van der Waals surface area contributed by atoms with Crippen LogP contribution in [0, 0.1) is 5.82 Å². The van der Waals surface area contributed by atoms with Gasteiger partial charge < -0.3 is 4.74 Å². The van der Waals surface area contributed by atoms with E-state index in [0.29, 0.717) is 17.1 Å². The lowest BCUT2D eigenvalue weighted by atomic mass is 10.2. The molecule has 0 fully saturated rings. The zero-order valence-electron chi connectivity index (χ0n) is 12.5. The Hall–Kier alpha value is -2.39. The van der Waals surface area contributed by atoms with Crippen molar-refractivity contribution in [1.82, 2.24) is 15.0 Å². The number of aromatic nitrogens is 3. The van der Waals surface area contributed by atoms with Crippen molar-refractivity contribution in [3.8, 4) is 11.5 Å². The summed E-state index contributed by atoms with van der Waals surface area (Å²) in [5.74, 6) is -1.78. The van der Waals surface area contributed by atoms with Crippen LogP contribution in [0.15, 0.2) is 30.3 Å². The van der Waals surface area contributed by atoms with E-state index < -0.39 is 33.6 Å². The van der Waals surface area contributed by atoms with Crippen molar-refractivity contribution in [3.05, 3.63) is 46.7 Å². The largest absolute Gasteiger partial charge is 0.453 e. The molecule has 3 rings (SSSR count). The summed E-state index contributed by atoms with van der Waals surface area (Å²) in [6, 6.07) is 5.11. The number of halogens is 6. The zero-order chi connectivity index (χ0) is 19.1. The summed E-state index contributed by atoms with van der Waals surface area (Å²) < 4.78 is 58.5. The first kappa shape index (κ1) is 18.4. The van der Waals surface area contributed by atoms with Gasteiger partial charge in [0.2, 0.25) is 5.24 Å². The molecule has 0 bridgehead atoms. The predicted molar refractivity (Wildman–Crippen MR) is 84.9 cm³/mol.